The van der Waals surface area contributed by atoms with Crippen molar-refractivity contribution in [3.63, 3.8) is 0 Å². The molecule has 0 radical (unpaired) electrons. The first-order valence-electron chi connectivity index (χ1n) is 11.9. The summed E-state index contributed by atoms with van der Waals surface area (Å²) in [6, 6.07) is 5.25. The van der Waals surface area contributed by atoms with Crippen molar-refractivity contribution >= 4 is 22.8 Å². The maximum absolute atomic E-state index is 13.1. The smallest absolute Gasteiger partial charge is 0.329 e. The molecular weight excluding hydrogens is 422 g/mol. The van der Waals surface area contributed by atoms with E-state index in [-0.39, 0.29) is 24.1 Å². The van der Waals surface area contributed by atoms with Gasteiger partial charge in [0.25, 0.3) is 0 Å². The Hall–Kier alpha value is -2.49. The number of piperidine rings is 1. The van der Waals surface area contributed by atoms with Crippen LogP contribution in [0.5, 0.6) is 0 Å². The zero-order valence-electron chi connectivity index (χ0n) is 19.9. The Morgan fingerprint density at radius 1 is 1.21 bits per heavy atom. The van der Waals surface area contributed by atoms with Gasteiger partial charge < -0.3 is 9.64 Å². The van der Waals surface area contributed by atoms with Crippen LogP contribution in [-0.2, 0) is 27.8 Å². The van der Waals surface area contributed by atoms with Crippen LogP contribution >= 0.6 is 0 Å². The van der Waals surface area contributed by atoms with Crippen LogP contribution in [0.3, 0.4) is 0 Å². The molecule has 2 saturated heterocycles. The second kappa shape index (κ2) is 10.2. The average Bonchev–Trinajstić information content (AvgIpc) is 3.04. The van der Waals surface area contributed by atoms with E-state index in [4.69, 9.17) is 4.74 Å². The van der Waals surface area contributed by atoms with Gasteiger partial charge in [0.2, 0.25) is 11.8 Å². The molecule has 4 rings (SSSR count). The number of carbonyl (C=O) groups is 2. The Morgan fingerprint density at radius 3 is 2.79 bits per heavy atom. The fourth-order valence-corrected chi connectivity index (χ4v) is 5.00. The highest BCUT2D eigenvalue weighted by Gasteiger charge is 2.31. The van der Waals surface area contributed by atoms with E-state index in [0.29, 0.717) is 6.42 Å². The Bertz CT molecular complexity index is 1070. The summed E-state index contributed by atoms with van der Waals surface area (Å²) in [5.41, 5.74) is 2.52. The van der Waals surface area contributed by atoms with E-state index in [9.17, 15) is 14.4 Å². The Labute approximate surface area is 194 Å². The van der Waals surface area contributed by atoms with E-state index in [1.807, 2.05) is 12.1 Å². The molecule has 180 valence electrons. The van der Waals surface area contributed by atoms with E-state index in [0.717, 1.165) is 68.6 Å². The van der Waals surface area contributed by atoms with Gasteiger partial charge >= 0.3 is 5.69 Å². The molecule has 33 heavy (non-hydrogen) atoms. The first-order valence-corrected chi connectivity index (χ1v) is 11.9. The van der Waals surface area contributed by atoms with Crippen LogP contribution in [0.1, 0.15) is 37.3 Å². The lowest BCUT2D eigenvalue weighted by Gasteiger charge is -2.33. The van der Waals surface area contributed by atoms with Crippen LogP contribution in [0, 0.1) is 0 Å². The molecule has 3 heterocycles. The number of imide groups is 1. The third kappa shape index (κ3) is 5.20. The molecule has 2 amide bonds. The molecule has 2 aromatic rings. The van der Waals surface area contributed by atoms with Crippen LogP contribution < -0.4 is 11.0 Å². The van der Waals surface area contributed by atoms with Gasteiger partial charge in [-0.25, -0.2) is 4.79 Å². The molecule has 2 atom stereocenters. The molecule has 1 N–H and O–H groups in total. The number of ether oxygens (including phenoxy) is 1. The zero-order valence-corrected chi connectivity index (χ0v) is 19.9. The van der Waals surface area contributed by atoms with Gasteiger partial charge in [-0.05, 0) is 58.0 Å². The van der Waals surface area contributed by atoms with Gasteiger partial charge in [0.1, 0.15) is 6.04 Å². The fourth-order valence-electron chi connectivity index (χ4n) is 5.00. The normalized spacial score (nSPS) is 22.3. The van der Waals surface area contributed by atoms with Gasteiger partial charge in [-0.2, -0.15) is 0 Å². The van der Waals surface area contributed by atoms with Crippen LogP contribution in [0.15, 0.2) is 23.0 Å². The molecule has 2 aliphatic heterocycles. The maximum atomic E-state index is 13.1. The number of rotatable bonds is 8. The highest BCUT2D eigenvalue weighted by atomic mass is 16.5. The second-order valence-corrected chi connectivity index (χ2v) is 9.45. The number of fused-ring (bicyclic) bond motifs is 1. The molecule has 1 aromatic carbocycles. The first kappa shape index (κ1) is 23.7. The summed E-state index contributed by atoms with van der Waals surface area (Å²) in [7, 11) is 5.93. The highest BCUT2D eigenvalue weighted by molar-refractivity contribution is 6.00. The number of morpholine rings is 1. The first-order chi connectivity index (χ1) is 15.8. The van der Waals surface area contributed by atoms with E-state index in [1.54, 1.807) is 16.2 Å². The largest absolute Gasteiger partial charge is 0.376 e. The van der Waals surface area contributed by atoms with E-state index < -0.39 is 11.9 Å². The number of nitrogens with zero attached hydrogens (tertiary/aromatic N) is 4. The summed E-state index contributed by atoms with van der Waals surface area (Å²) in [6.07, 6.45) is 3.75. The van der Waals surface area contributed by atoms with Gasteiger partial charge in [-0.3, -0.25) is 28.9 Å². The van der Waals surface area contributed by atoms with Gasteiger partial charge in [-0.1, -0.05) is 12.1 Å². The quantitative estimate of drug-likeness (QED) is 0.593. The molecule has 2 aliphatic rings. The van der Waals surface area contributed by atoms with Crippen molar-refractivity contribution in [1.29, 1.82) is 0 Å². The Kier molecular flexibility index (Phi) is 7.31. The predicted octanol–water partition coefficient (Wildman–Crippen LogP) is 0.903. The third-order valence-corrected chi connectivity index (χ3v) is 6.75. The summed E-state index contributed by atoms with van der Waals surface area (Å²) in [5.74, 6) is -0.681. The number of benzene rings is 1. The van der Waals surface area contributed by atoms with E-state index in [2.05, 4.69) is 35.3 Å². The minimum absolute atomic E-state index is 0.219. The lowest BCUT2D eigenvalue weighted by atomic mass is 10.0. The van der Waals surface area contributed by atoms with Crippen molar-refractivity contribution in [2.75, 3.05) is 46.9 Å². The molecule has 9 nitrogen and oxygen atoms in total. The number of hydrogen-bond acceptors (Lipinski definition) is 6. The number of nitrogens with one attached hydrogen (secondary N) is 1. The predicted molar refractivity (Wildman–Crippen MR) is 126 cm³/mol. The highest BCUT2D eigenvalue weighted by Crippen LogP contribution is 2.25. The fraction of sp³-hybridized carbons (Fsp3) is 0.625. The number of para-hydroxylation sites is 1. The number of carbonyl (C=O) groups excluding carboxylic acids is 2. The maximum Gasteiger partial charge on any atom is 0.329 e. The summed E-state index contributed by atoms with van der Waals surface area (Å²) < 4.78 is 9.12. The van der Waals surface area contributed by atoms with Crippen molar-refractivity contribution in [2.24, 2.45) is 7.05 Å². The van der Waals surface area contributed by atoms with Gasteiger partial charge in [-0.15, -0.1) is 0 Å². The molecule has 1 aromatic heterocycles. The number of amides is 2. The number of aryl methyl sites for hydroxylation is 2. The number of imidazole rings is 1. The van der Waals surface area contributed by atoms with E-state index in [1.165, 1.54) is 0 Å². The Morgan fingerprint density at radius 2 is 2.03 bits per heavy atom. The summed E-state index contributed by atoms with van der Waals surface area (Å²) in [4.78, 5) is 41.7. The third-order valence-electron chi connectivity index (χ3n) is 6.75. The minimum atomic E-state index is -0.651. The van der Waals surface area contributed by atoms with Crippen molar-refractivity contribution in [3.05, 3.63) is 34.2 Å². The average molecular weight is 458 g/mol. The van der Waals surface area contributed by atoms with Crippen molar-refractivity contribution in [1.82, 2.24) is 24.3 Å². The van der Waals surface area contributed by atoms with Crippen molar-refractivity contribution in [3.8, 4) is 0 Å². The van der Waals surface area contributed by atoms with Gasteiger partial charge in [0, 0.05) is 33.1 Å². The van der Waals surface area contributed by atoms with Gasteiger partial charge in [0.05, 0.1) is 23.7 Å². The SMILES string of the molecule is CN(C)CC[C@@H]1CN(CCCc2cccc3c2n(C)c(=O)n3C2CCC(=O)NC2=O)CCO1. The zero-order chi connectivity index (χ0) is 23.5. The lowest BCUT2D eigenvalue weighted by Crippen LogP contribution is -2.44. The minimum Gasteiger partial charge on any atom is -0.376 e. The number of hydrogen-bond donors (Lipinski definition) is 1. The molecule has 0 aliphatic carbocycles. The summed E-state index contributed by atoms with van der Waals surface area (Å²) in [5, 5.41) is 2.37. The molecule has 2 fully saturated rings. The topological polar surface area (TPSA) is 88.8 Å². The summed E-state index contributed by atoms with van der Waals surface area (Å²) >= 11 is 0. The Balaban J connectivity index is 1.45. The molecule has 0 saturated carbocycles. The molecule has 1 unspecified atom stereocenters. The van der Waals surface area contributed by atoms with Crippen molar-refractivity contribution < 1.29 is 14.3 Å². The van der Waals surface area contributed by atoms with Crippen LogP contribution in [-0.4, -0.2) is 83.7 Å². The van der Waals surface area contributed by atoms with Crippen LogP contribution in [0.25, 0.3) is 11.0 Å². The molecule has 0 spiro atoms. The molecule has 9 heteroatoms. The lowest BCUT2D eigenvalue weighted by molar-refractivity contribution is -0.135. The standard InChI is InChI=1S/C24H35N5O4/c1-26(2)13-11-18-16-28(14-15-33-18)12-5-7-17-6-4-8-19-22(17)27(3)24(32)29(19)20-9-10-21(30)25-23(20)31/h4,6,8,18,20H,5,7,9-16H2,1-3H3,(H,25,30,31)/t18-,20?/m1/s1. The van der Waals surface area contributed by atoms with Crippen LogP contribution in [0.4, 0.5) is 0 Å². The molecular formula is C24H35N5O4. The van der Waals surface area contributed by atoms with E-state index >= 15 is 0 Å². The molecule has 0 bridgehead atoms. The second-order valence-electron chi connectivity index (χ2n) is 9.45. The number of aromatic nitrogens is 2. The van der Waals surface area contributed by atoms with Crippen LogP contribution in [0.2, 0.25) is 0 Å². The monoisotopic (exact) mass is 457 g/mol. The van der Waals surface area contributed by atoms with Gasteiger partial charge in [0.15, 0.2) is 0 Å². The van der Waals surface area contributed by atoms with Crippen molar-refractivity contribution in [2.45, 2.75) is 44.2 Å². The summed E-state index contributed by atoms with van der Waals surface area (Å²) in [6.45, 7) is 4.70.